The Morgan fingerprint density at radius 3 is 1.38 bits per heavy atom. The molecule has 2 saturated heterocycles. The maximum Gasteiger partial charge on any atom is 0.276 e. The van der Waals surface area contributed by atoms with Gasteiger partial charge in [-0.3, -0.25) is 0 Å². The Labute approximate surface area is 88.2 Å². The van der Waals surface area contributed by atoms with E-state index in [4.69, 9.17) is 40.6 Å². The van der Waals surface area contributed by atoms with E-state index in [2.05, 4.69) is 0 Å². The van der Waals surface area contributed by atoms with Crippen molar-refractivity contribution in [2.75, 3.05) is 26.4 Å². The molecule has 2 aliphatic rings. The van der Waals surface area contributed by atoms with Crippen molar-refractivity contribution < 1.29 is 18.1 Å². The van der Waals surface area contributed by atoms with Gasteiger partial charge in [0, 0.05) is 0 Å². The minimum absolute atomic E-state index is 0.207. The molecule has 0 aromatic carbocycles. The summed E-state index contributed by atoms with van der Waals surface area (Å²) in [5.74, 6) is 0. The highest BCUT2D eigenvalue weighted by Gasteiger charge is 2.42. The van der Waals surface area contributed by atoms with Gasteiger partial charge in [0.1, 0.15) is 0 Å². The zero-order chi connectivity index (χ0) is 9.31. The van der Waals surface area contributed by atoms with Crippen LogP contribution in [0.2, 0.25) is 0 Å². The van der Waals surface area contributed by atoms with Gasteiger partial charge in [-0.1, -0.05) is 0 Å². The maximum atomic E-state index is 5.66. The third-order valence-corrected chi connectivity index (χ3v) is 4.39. The van der Waals surface area contributed by atoms with Gasteiger partial charge in [-0.15, -0.1) is 0 Å². The van der Waals surface area contributed by atoms with Gasteiger partial charge in [0.15, 0.2) is 0 Å². The molecule has 8 heteroatoms. The summed E-state index contributed by atoms with van der Waals surface area (Å²) >= 11 is 11.3. The zero-order valence-electron chi connectivity index (χ0n) is 6.61. The topological polar surface area (TPSA) is 36.9 Å². The molecule has 2 heterocycles. The lowest BCUT2D eigenvalue weighted by Gasteiger charge is -2.40. The first-order valence-corrected chi connectivity index (χ1v) is 7.80. The third kappa shape index (κ3) is 2.64. The molecule has 0 N–H and O–H groups in total. The van der Waals surface area contributed by atoms with Crippen molar-refractivity contribution in [3.05, 3.63) is 0 Å². The van der Waals surface area contributed by atoms with E-state index in [-0.39, 0.29) is 5.41 Å². The van der Waals surface area contributed by atoms with E-state index >= 15 is 0 Å². The lowest BCUT2D eigenvalue weighted by molar-refractivity contribution is -0.0478. The van der Waals surface area contributed by atoms with E-state index in [9.17, 15) is 0 Å². The normalized spacial score (nSPS) is 46.6. The fourth-order valence-electron chi connectivity index (χ4n) is 1.08. The molecule has 0 atom stereocenters. The van der Waals surface area contributed by atoms with Crippen LogP contribution in [0, 0.1) is 5.41 Å². The lowest BCUT2D eigenvalue weighted by atomic mass is 9.93. The van der Waals surface area contributed by atoms with Gasteiger partial charge in [-0.25, -0.2) is 0 Å². The Hall–Kier alpha value is 1.28. The largest absolute Gasteiger partial charge is 0.321 e. The van der Waals surface area contributed by atoms with Crippen molar-refractivity contribution >= 4 is 37.9 Å². The lowest BCUT2D eigenvalue weighted by Crippen LogP contribution is -2.43. The van der Waals surface area contributed by atoms with Gasteiger partial charge in [0.05, 0.1) is 31.8 Å². The van der Waals surface area contributed by atoms with Gasteiger partial charge < -0.3 is 18.1 Å². The van der Waals surface area contributed by atoms with Crippen LogP contribution in [-0.2, 0) is 18.1 Å². The van der Waals surface area contributed by atoms with Gasteiger partial charge in [-0.2, -0.15) is 0 Å². The van der Waals surface area contributed by atoms with Crippen molar-refractivity contribution in [1.29, 1.82) is 0 Å². The number of hydrogen-bond acceptors (Lipinski definition) is 4. The third-order valence-electron chi connectivity index (χ3n) is 1.89. The second-order valence-corrected chi connectivity index (χ2v) is 6.56. The minimum atomic E-state index is -1.22. The minimum Gasteiger partial charge on any atom is -0.321 e. The molecule has 2 aliphatic heterocycles. The van der Waals surface area contributed by atoms with Crippen molar-refractivity contribution in [1.82, 2.24) is 0 Å². The van der Waals surface area contributed by atoms with Crippen LogP contribution in [0.1, 0.15) is 0 Å². The summed E-state index contributed by atoms with van der Waals surface area (Å²) in [6, 6.07) is 0. The predicted molar refractivity (Wildman–Crippen MR) is 51.8 cm³/mol. The molecular weight excluding hydrogens is 257 g/mol. The Balaban J connectivity index is 1.90. The van der Waals surface area contributed by atoms with Crippen LogP contribution in [0.25, 0.3) is 0 Å². The second-order valence-electron chi connectivity index (χ2n) is 3.02. The summed E-state index contributed by atoms with van der Waals surface area (Å²) in [4.78, 5) is 0. The van der Waals surface area contributed by atoms with Crippen LogP contribution >= 0.6 is 37.9 Å². The van der Waals surface area contributed by atoms with Gasteiger partial charge in [-0.05, 0) is 22.5 Å². The van der Waals surface area contributed by atoms with Crippen LogP contribution in [0.3, 0.4) is 0 Å². The Kier molecular flexibility index (Phi) is 3.67. The average molecular weight is 265 g/mol. The zero-order valence-corrected chi connectivity index (χ0v) is 9.91. The summed E-state index contributed by atoms with van der Waals surface area (Å²) in [6.07, 6.45) is 0. The summed E-state index contributed by atoms with van der Waals surface area (Å²) in [5, 5.41) is 0. The first kappa shape index (κ1) is 10.8. The van der Waals surface area contributed by atoms with E-state index in [0.29, 0.717) is 26.4 Å². The van der Waals surface area contributed by atoms with Crippen LogP contribution in [0.4, 0.5) is 0 Å². The highest BCUT2D eigenvalue weighted by atomic mass is 35.7. The SMILES string of the molecule is ClP1OCC2(CO1)COP(Cl)OC2. The highest BCUT2D eigenvalue weighted by molar-refractivity contribution is 7.76. The number of rotatable bonds is 0. The van der Waals surface area contributed by atoms with Crippen LogP contribution in [0.15, 0.2) is 0 Å². The summed E-state index contributed by atoms with van der Waals surface area (Å²) in [6.45, 7) is 2.06. The predicted octanol–water partition coefficient (Wildman–Crippen LogP) is 3.00. The van der Waals surface area contributed by atoms with Gasteiger partial charge >= 0.3 is 0 Å². The molecule has 0 amide bonds. The Morgan fingerprint density at radius 1 is 0.769 bits per heavy atom. The van der Waals surface area contributed by atoms with Crippen molar-refractivity contribution in [2.24, 2.45) is 5.41 Å². The molecule has 1 spiro atoms. The molecule has 0 aromatic heterocycles. The summed E-state index contributed by atoms with van der Waals surface area (Å²) in [7, 11) is -2.44. The molecule has 0 radical (unpaired) electrons. The average Bonchev–Trinajstić information content (AvgIpc) is 2.16. The van der Waals surface area contributed by atoms with E-state index < -0.39 is 15.5 Å². The molecule has 4 nitrogen and oxygen atoms in total. The first-order chi connectivity index (χ1) is 6.20. The standard InChI is InChI=1S/C5H8Cl2O4P2/c6-12-8-1-5(2-9-12)3-10-13(7)11-4-5/h1-4H2. The molecule has 13 heavy (non-hydrogen) atoms. The monoisotopic (exact) mass is 264 g/mol. The molecular formula is C5H8Cl2O4P2. The molecule has 0 unspecified atom stereocenters. The van der Waals surface area contributed by atoms with E-state index in [1.54, 1.807) is 0 Å². The van der Waals surface area contributed by atoms with Crippen molar-refractivity contribution in [3.8, 4) is 0 Å². The molecule has 2 fully saturated rings. The number of hydrogen-bond donors (Lipinski definition) is 0. The van der Waals surface area contributed by atoms with E-state index in [1.807, 2.05) is 0 Å². The molecule has 0 bridgehead atoms. The highest BCUT2D eigenvalue weighted by Crippen LogP contribution is 2.55. The van der Waals surface area contributed by atoms with Crippen LogP contribution in [-0.4, -0.2) is 26.4 Å². The van der Waals surface area contributed by atoms with Crippen LogP contribution in [0.5, 0.6) is 0 Å². The molecule has 76 valence electrons. The Morgan fingerprint density at radius 2 is 1.08 bits per heavy atom. The van der Waals surface area contributed by atoms with Gasteiger partial charge in [0.2, 0.25) is 0 Å². The quantitative estimate of drug-likeness (QED) is 0.631. The fourth-order valence-corrected chi connectivity index (χ4v) is 3.31. The molecule has 2 rings (SSSR count). The summed E-state index contributed by atoms with van der Waals surface area (Å²) < 4.78 is 20.9. The maximum absolute atomic E-state index is 5.66. The Bertz CT molecular complexity index is 156. The molecule has 0 aliphatic carbocycles. The van der Waals surface area contributed by atoms with E-state index in [0.717, 1.165) is 0 Å². The molecule has 0 aromatic rings. The molecule has 0 saturated carbocycles. The second kappa shape index (κ2) is 4.42. The van der Waals surface area contributed by atoms with E-state index in [1.165, 1.54) is 0 Å². The van der Waals surface area contributed by atoms with Gasteiger partial charge in [0.25, 0.3) is 15.5 Å². The number of halogens is 2. The first-order valence-electron chi connectivity index (χ1n) is 3.64. The van der Waals surface area contributed by atoms with Crippen molar-refractivity contribution in [2.45, 2.75) is 0 Å². The van der Waals surface area contributed by atoms with Crippen molar-refractivity contribution in [3.63, 3.8) is 0 Å². The summed E-state index contributed by atoms with van der Waals surface area (Å²) in [5.41, 5.74) is -0.207. The smallest absolute Gasteiger partial charge is 0.276 e. The fraction of sp³-hybridized carbons (Fsp3) is 1.00. The van der Waals surface area contributed by atoms with Crippen LogP contribution < -0.4 is 0 Å².